The molecule has 1 atom stereocenters. The van der Waals surface area contributed by atoms with Gasteiger partial charge in [-0.05, 0) is 57.0 Å². The highest BCUT2D eigenvalue weighted by Crippen LogP contribution is 2.13. The van der Waals surface area contributed by atoms with Crippen LogP contribution in [0.5, 0.6) is 0 Å². The zero-order chi connectivity index (χ0) is 15.6. The van der Waals surface area contributed by atoms with E-state index in [9.17, 15) is 4.79 Å². The molecule has 2 rings (SSSR count). The van der Waals surface area contributed by atoms with Gasteiger partial charge in [0.2, 0.25) is 0 Å². The number of nitrogens with one attached hydrogen (secondary N) is 1. The van der Waals surface area contributed by atoms with E-state index in [4.69, 9.17) is 0 Å². The first-order valence-corrected chi connectivity index (χ1v) is 7.33. The van der Waals surface area contributed by atoms with E-state index in [0.29, 0.717) is 11.5 Å². The van der Waals surface area contributed by atoms with Gasteiger partial charge < -0.3 is 5.32 Å². The average molecular weight is 285 g/mol. The second-order valence-corrected chi connectivity index (χ2v) is 5.89. The van der Waals surface area contributed by atoms with Crippen LogP contribution in [0.25, 0.3) is 5.69 Å². The summed E-state index contributed by atoms with van der Waals surface area (Å²) in [5.74, 6) is 0.388. The number of carbonyl (C=O) groups is 1. The second-order valence-electron chi connectivity index (χ2n) is 5.89. The molecule has 1 aromatic carbocycles. The zero-order valence-corrected chi connectivity index (χ0v) is 13.3. The van der Waals surface area contributed by atoms with Crippen molar-refractivity contribution in [2.75, 3.05) is 0 Å². The van der Waals surface area contributed by atoms with Crippen molar-refractivity contribution < 1.29 is 4.79 Å². The SMILES string of the molecule is Cc1cc(C)n(-c2ccc(C(=O)NC(C)C(C)C)cc2)n1. The fraction of sp³-hybridized carbons (Fsp3) is 0.412. The normalized spacial score (nSPS) is 12.5. The summed E-state index contributed by atoms with van der Waals surface area (Å²) in [6.45, 7) is 10.2. The average Bonchev–Trinajstić information content (AvgIpc) is 2.77. The number of aromatic nitrogens is 2. The quantitative estimate of drug-likeness (QED) is 0.937. The third-order valence-corrected chi connectivity index (χ3v) is 3.74. The lowest BCUT2D eigenvalue weighted by atomic mass is 10.1. The van der Waals surface area contributed by atoms with Crippen LogP contribution >= 0.6 is 0 Å². The summed E-state index contributed by atoms with van der Waals surface area (Å²) < 4.78 is 1.88. The highest BCUT2D eigenvalue weighted by atomic mass is 16.1. The first-order valence-electron chi connectivity index (χ1n) is 7.33. The van der Waals surface area contributed by atoms with Crippen molar-refractivity contribution in [3.05, 3.63) is 47.3 Å². The first-order chi connectivity index (χ1) is 9.88. The van der Waals surface area contributed by atoms with Crippen LogP contribution in [0.15, 0.2) is 30.3 Å². The van der Waals surface area contributed by atoms with Gasteiger partial charge in [-0.15, -0.1) is 0 Å². The number of hydrogen-bond donors (Lipinski definition) is 1. The van der Waals surface area contributed by atoms with Crippen molar-refractivity contribution >= 4 is 5.91 Å². The molecular formula is C17H23N3O. The van der Waals surface area contributed by atoms with Crippen LogP contribution in [0.4, 0.5) is 0 Å². The Labute approximate surface area is 126 Å². The molecule has 1 amide bonds. The van der Waals surface area contributed by atoms with E-state index in [-0.39, 0.29) is 11.9 Å². The molecule has 1 unspecified atom stereocenters. The molecule has 2 aromatic rings. The number of aryl methyl sites for hydroxylation is 2. The Morgan fingerprint density at radius 3 is 2.24 bits per heavy atom. The van der Waals surface area contributed by atoms with Gasteiger partial charge in [0.1, 0.15) is 0 Å². The Morgan fingerprint density at radius 2 is 1.76 bits per heavy atom. The number of carbonyl (C=O) groups excluding carboxylic acids is 1. The maximum atomic E-state index is 12.1. The lowest BCUT2D eigenvalue weighted by molar-refractivity contribution is 0.0930. The highest BCUT2D eigenvalue weighted by molar-refractivity contribution is 5.94. The summed E-state index contributed by atoms with van der Waals surface area (Å²) in [5, 5.41) is 7.45. The van der Waals surface area contributed by atoms with Gasteiger partial charge in [0, 0.05) is 17.3 Å². The third-order valence-electron chi connectivity index (χ3n) is 3.74. The first kappa shape index (κ1) is 15.3. The summed E-state index contributed by atoms with van der Waals surface area (Å²) in [4.78, 5) is 12.1. The number of nitrogens with zero attached hydrogens (tertiary/aromatic N) is 2. The molecule has 0 saturated carbocycles. The highest BCUT2D eigenvalue weighted by Gasteiger charge is 2.12. The maximum absolute atomic E-state index is 12.1. The molecule has 0 aliphatic heterocycles. The van der Waals surface area contributed by atoms with Crippen molar-refractivity contribution in [2.45, 2.75) is 40.7 Å². The van der Waals surface area contributed by atoms with Crippen LogP contribution in [0, 0.1) is 19.8 Å². The standard InChI is InChI=1S/C17H23N3O/c1-11(2)14(5)18-17(21)15-6-8-16(9-7-15)20-13(4)10-12(3)19-20/h6-11,14H,1-5H3,(H,18,21). The number of amides is 1. The molecule has 0 spiro atoms. The molecule has 112 valence electrons. The van der Waals surface area contributed by atoms with Crippen molar-refractivity contribution in [3.8, 4) is 5.69 Å². The van der Waals surface area contributed by atoms with Crippen LogP contribution in [0.3, 0.4) is 0 Å². The largest absolute Gasteiger partial charge is 0.349 e. The minimum absolute atomic E-state index is 0.0314. The van der Waals surface area contributed by atoms with E-state index in [0.717, 1.165) is 17.1 Å². The van der Waals surface area contributed by atoms with Crippen LogP contribution in [-0.4, -0.2) is 21.7 Å². The van der Waals surface area contributed by atoms with E-state index in [2.05, 4.69) is 24.3 Å². The van der Waals surface area contributed by atoms with Gasteiger partial charge in [-0.2, -0.15) is 5.10 Å². The molecular weight excluding hydrogens is 262 g/mol. The second kappa shape index (κ2) is 6.12. The minimum Gasteiger partial charge on any atom is -0.349 e. The van der Waals surface area contributed by atoms with Crippen LogP contribution < -0.4 is 5.32 Å². The molecule has 0 radical (unpaired) electrons. The fourth-order valence-electron chi connectivity index (χ4n) is 2.10. The Hall–Kier alpha value is -2.10. The topological polar surface area (TPSA) is 46.9 Å². The van der Waals surface area contributed by atoms with Crippen molar-refractivity contribution in [2.24, 2.45) is 5.92 Å². The summed E-state index contributed by atoms with van der Waals surface area (Å²) >= 11 is 0. The minimum atomic E-state index is -0.0314. The Bertz CT molecular complexity index is 626. The van der Waals surface area contributed by atoms with E-state index in [1.165, 1.54) is 0 Å². The summed E-state index contributed by atoms with van der Waals surface area (Å²) in [6, 6.07) is 9.73. The fourth-order valence-corrected chi connectivity index (χ4v) is 2.10. The van der Waals surface area contributed by atoms with E-state index in [1.807, 2.05) is 55.8 Å². The van der Waals surface area contributed by atoms with E-state index in [1.54, 1.807) is 0 Å². The predicted octanol–water partition coefficient (Wildman–Crippen LogP) is 3.26. The summed E-state index contributed by atoms with van der Waals surface area (Å²) in [6.07, 6.45) is 0. The van der Waals surface area contributed by atoms with Crippen molar-refractivity contribution in [1.82, 2.24) is 15.1 Å². The molecule has 0 saturated heterocycles. The maximum Gasteiger partial charge on any atom is 0.251 e. The van der Waals surface area contributed by atoms with Gasteiger partial charge in [-0.1, -0.05) is 13.8 Å². The summed E-state index contributed by atoms with van der Waals surface area (Å²) in [7, 11) is 0. The molecule has 0 aliphatic rings. The molecule has 1 N–H and O–H groups in total. The van der Waals surface area contributed by atoms with Gasteiger partial charge >= 0.3 is 0 Å². The van der Waals surface area contributed by atoms with Gasteiger partial charge in [0.05, 0.1) is 11.4 Å². The summed E-state index contributed by atoms with van der Waals surface area (Å²) in [5.41, 5.74) is 3.71. The van der Waals surface area contributed by atoms with E-state index < -0.39 is 0 Å². The molecule has 0 aliphatic carbocycles. The molecule has 1 heterocycles. The van der Waals surface area contributed by atoms with Crippen molar-refractivity contribution in [3.63, 3.8) is 0 Å². The Kier molecular flexibility index (Phi) is 4.46. The lowest BCUT2D eigenvalue weighted by Crippen LogP contribution is -2.36. The molecule has 4 heteroatoms. The number of hydrogen-bond acceptors (Lipinski definition) is 2. The molecule has 0 bridgehead atoms. The molecule has 1 aromatic heterocycles. The van der Waals surface area contributed by atoms with Crippen LogP contribution in [0.1, 0.15) is 42.5 Å². The lowest BCUT2D eigenvalue weighted by Gasteiger charge is -2.17. The zero-order valence-electron chi connectivity index (χ0n) is 13.3. The van der Waals surface area contributed by atoms with E-state index >= 15 is 0 Å². The number of rotatable bonds is 4. The van der Waals surface area contributed by atoms with Gasteiger partial charge in [-0.25, -0.2) is 4.68 Å². The molecule has 21 heavy (non-hydrogen) atoms. The smallest absolute Gasteiger partial charge is 0.251 e. The Balaban J connectivity index is 2.15. The molecule has 0 fully saturated rings. The van der Waals surface area contributed by atoms with Crippen LogP contribution in [-0.2, 0) is 0 Å². The van der Waals surface area contributed by atoms with Crippen LogP contribution in [0.2, 0.25) is 0 Å². The third kappa shape index (κ3) is 3.51. The predicted molar refractivity (Wildman–Crippen MR) is 84.8 cm³/mol. The monoisotopic (exact) mass is 285 g/mol. The van der Waals surface area contributed by atoms with Crippen molar-refractivity contribution in [1.29, 1.82) is 0 Å². The van der Waals surface area contributed by atoms with Gasteiger partial charge in [0.15, 0.2) is 0 Å². The van der Waals surface area contributed by atoms with Gasteiger partial charge in [0.25, 0.3) is 5.91 Å². The molecule has 4 nitrogen and oxygen atoms in total. The number of benzene rings is 1. The Morgan fingerprint density at radius 1 is 1.14 bits per heavy atom. The van der Waals surface area contributed by atoms with Gasteiger partial charge in [-0.3, -0.25) is 4.79 Å².